The number of rotatable bonds is 3. The first kappa shape index (κ1) is 12.8. The molecule has 0 bridgehead atoms. The normalized spacial score (nSPS) is 20.0. The molecule has 2 heterocycles. The van der Waals surface area contributed by atoms with E-state index in [0.29, 0.717) is 17.8 Å². The number of likely N-dealkylation sites (tertiary alicyclic amines) is 1. The lowest BCUT2D eigenvalue weighted by Crippen LogP contribution is -2.22. The fourth-order valence-corrected chi connectivity index (χ4v) is 2.92. The van der Waals surface area contributed by atoms with Crippen molar-refractivity contribution in [2.45, 2.75) is 32.4 Å². The lowest BCUT2D eigenvalue weighted by molar-refractivity contribution is 0.212. The Labute approximate surface area is 120 Å². The van der Waals surface area contributed by atoms with Gasteiger partial charge in [-0.05, 0) is 44.0 Å². The second-order valence-electron chi connectivity index (χ2n) is 4.92. The van der Waals surface area contributed by atoms with E-state index < -0.39 is 0 Å². The van der Waals surface area contributed by atoms with Gasteiger partial charge in [-0.3, -0.25) is 4.90 Å². The van der Waals surface area contributed by atoms with Crippen LogP contribution in [0.4, 0.5) is 0 Å². The fraction of sp³-hybridized carbons (Fsp3) is 0.429. The molecular formula is C14H16BrN3O. The molecule has 1 aliphatic rings. The van der Waals surface area contributed by atoms with Crippen LogP contribution in [-0.4, -0.2) is 21.6 Å². The van der Waals surface area contributed by atoms with Crippen molar-refractivity contribution in [3.05, 3.63) is 46.0 Å². The fourth-order valence-electron chi connectivity index (χ4n) is 2.66. The zero-order valence-corrected chi connectivity index (χ0v) is 12.4. The minimum absolute atomic E-state index is 0.459. The summed E-state index contributed by atoms with van der Waals surface area (Å²) in [6, 6.07) is 9.03. The Balaban J connectivity index is 1.76. The third kappa shape index (κ3) is 2.87. The second kappa shape index (κ2) is 5.43. The topological polar surface area (TPSA) is 42.2 Å². The average molecular weight is 322 g/mol. The van der Waals surface area contributed by atoms with Gasteiger partial charge in [0, 0.05) is 10.5 Å². The third-order valence-corrected chi connectivity index (χ3v) is 4.06. The molecule has 4 nitrogen and oxygen atoms in total. The molecule has 1 fully saturated rings. The van der Waals surface area contributed by atoms with Crippen molar-refractivity contribution in [2.24, 2.45) is 0 Å². The maximum Gasteiger partial charge on any atom is 0.240 e. The first-order valence-corrected chi connectivity index (χ1v) is 7.30. The number of benzene rings is 1. The molecule has 5 heteroatoms. The van der Waals surface area contributed by atoms with E-state index in [1.807, 2.05) is 6.92 Å². The van der Waals surface area contributed by atoms with E-state index in [9.17, 15) is 0 Å². The molecule has 0 N–H and O–H groups in total. The summed E-state index contributed by atoms with van der Waals surface area (Å²) in [4.78, 5) is 6.70. The van der Waals surface area contributed by atoms with Crippen molar-refractivity contribution in [2.75, 3.05) is 6.54 Å². The van der Waals surface area contributed by atoms with Gasteiger partial charge in [0.25, 0.3) is 0 Å². The molecule has 1 atom stereocenters. The number of halogens is 1. The quantitative estimate of drug-likeness (QED) is 0.868. The number of aromatic nitrogens is 2. The van der Waals surface area contributed by atoms with Crippen LogP contribution in [0.2, 0.25) is 0 Å². The van der Waals surface area contributed by atoms with Gasteiger partial charge < -0.3 is 4.52 Å². The molecule has 19 heavy (non-hydrogen) atoms. The highest BCUT2D eigenvalue weighted by molar-refractivity contribution is 9.10. The van der Waals surface area contributed by atoms with Gasteiger partial charge in [-0.1, -0.05) is 33.2 Å². The number of nitrogens with zero attached hydrogens (tertiary/aromatic N) is 3. The smallest absolute Gasteiger partial charge is 0.240 e. The van der Waals surface area contributed by atoms with E-state index >= 15 is 0 Å². The van der Waals surface area contributed by atoms with Crippen LogP contribution in [0.15, 0.2) is 33.3 Å². The van der Waals surface area contributed by atoms with Crippen LogP contribution >= 0.6 is 15.9 Å². The summed E-state index contributed by atoms with van der Waals surface area (Å²) in [5, 5.41) is 3.85. The molecule has 1 aliphatic heterocycles. The van der Waals surface area contributed by atoms with E-state index in [1.54, 1.807) is 0 Å². The van der Waals surface area contributed by atoms with Crippen LogP contribution in [0.25, 0.3) is 0 Å². The lowest BCUT2D eigenvalue weighted by Gasteiger charge is -2.23. The van der Waals surface area contributed by atoms with Crippen LogP contribution < -0.4 is 0 Å². The van der Waals surface area contributed by atoms with Crippen LogP contribution in [0.5, 0.6) is 0 Å². The van der Waals surface area contributed by atoms with Crippen LogP contribution in [0, 0.1) is 6.92 Å². The van der Waals surface area contributed by atoms with Crippen molar-refractivity contribution >= 4 is 15.9 Å². The molecule has 0 aliphatic carbocycles. The van der Waals surface area contributed by atoms with Crippen LogP contribution in [0.1, 0.15) is 36.2 Å². The summed E-state index contributed by atoms with van der Waals surface area (Å²) in [5.74, 6) is 1.41. The van der Waals surface area contributed by atoms with E-state index in [1.165, 1.54) is 18.4 Å². The Kier molecular flexibility index (Phi) is 3.66. The van der Waals surface area contributed by atoms with Crippen molar-refractivity contribution < 1.29 is 4.52 Å². The van der Waals surface area contributed by atoms with E-state index in [-0.39, 0.29) is 0 Å². The zero-order chi connectivity index (χ0) is 13.2. The molecular weight excluding hydrogens is 306 g/mol. The molecule has 3 rings (SSSR count). The molecule has 1 saturated heterocycles. The Morgan fingerprint density at radius 3 is 2.84 bits per heavy atom. The third-order valence-electron chi connectivity index (χ3n) is 3.53. The van der Waals surface area contributed by atoms with Gasteiger partial charge in [0.15, 0.2) is 5.82 Å². The number of aryl methyl sites for hydroxylation is 1. The van der Waals surface area contributed by atoms with Gasteiger partial charge in [0.05, 0.1) is 6.54 Å². The first-order chi connectivity index (χ1) is 9.22. The maximum atomic E-state index is 5.22. The van der Waals surface area contributed by atoms with E-state index in [0.717, 1.165) is 17.6 Å². The summed E-state index contributed by atoms with van der Waals surface area (Å²) in [5.41, 5.74) is 1.36. The highest BCUT2D eigenvalue weighted by Gasteiger charge is 2.27. The van der Waals surface area contributed by atoms with Crippen LogP contribution in [-0.2, 0) is 6.54 Å². The highest BCUT2D eigenvalue weighted by Crippen LogP contribution is 2.33. The van der Waals surface area contributed by atoms with Crippen molar-refractivity contribution in [1.82, 2.24) is 15.0 Å². The van der Waals surface area contributed by atoms with E-state index in [2.05, 4.69) is 55.2 Å². The second-order valence-corrected chi connectivity index (χ2v) is 5.83. The number of hydrogen-bond acceptors (Lipinski definition) is 4. The molecule has 100 valence electrons. The van der Waals surface area contributed by atoms with Crippen molar-refractivity contribution in [3.8, 4) is 0 Å². The molecule has 0 spiro atoms. The Hall–Kier alpha value is -1.20. The number of hydrogen-bond donors (Lipinski definition) is 0. The molecule has 2 aromatic rings. The molecule has 0 saturated carbocycles. The first-order valence-electron chi connectivity index (χ1n) is 6.51. The SMILES string of the molecule is Cc1noc(CN2CCCC2c2ccc(Br)cc2)n1. The van der Waals surface area contributed by atoms with Crippen molar-refractivity contribution in [1.29, 1.82) is 0 Å². The molecule has 1 aromatic heterocycles. The molecule has 1 aromatic carbocycles. The summed E-state index contributed by atoms with van der Waals surface area (Å²) in [6.45, 7) is 3.67. The van der Waals surface area contributed by atoms with Crippen molar-refractivity contribution in [3.63, 3.8) is 0 Å². The largest absolute Gasteiger partial charge is 0.338 e. The van der Waals surface area contributed by atoms with Gasteiger partial charge in [-0.15, -0.1) is 0 Å². The Morgan fingerprint density at radius 1 is 1.37 bits per heavy atom. The monoisotopic (exact) mass is 321 g/mol. The minimum atomic E-state index is 0.459. The summed E-state index contributed by atoms with van der Waals surface area (Å²) in [6.07, 6.45) is 2.41. The summed E-state index contributed by atoms with van der Waals surface area (Å²) in [7, 11) is 0. The van der Waals surface area contributed by atoms with Gasteiger partial charge in [0.2, 0.25) is 5.89 Å². The predicted molar refractivity (Wildman–Crippen MR) is 75.6 cm³/mol. The van der Waals surface area contributed by atoms with Gasteiger partial charge >= 0.3 is 0 Å². The maximum absolute atomic E-state index is 5.22. The predicted octanol–water partition coefficient (Wildman–Crippen LogP) is 3.48. The van der Waals surface area contributed by atoms with Gasteiger partial charge in [-0.2, -0.15) is 4.98 Å². The average Bonchev–Trinajstić information content (AvgIpc) is 3.00. The molecule has 0 radical (unpaired) electrons. The molecule has 0 amide bonds. The lowest BCUT2D eigenvalue weighted by atomic mass is 10.0. The Morgan fingerprint density at radius 2 is 2.16 bits per heavy atom. The molecule has 1 unspecified atom stereocenters. The standard InChI is InChI=1S/C14H16BrN3O/c1-10-16-14(19-17-10)9-18-8-2-3-13(18)11-4-6-12(15)7-5-11/h4-7,13H,2-3,8-9H2,1H3. The summed E-state index contributed by atoms with van der Waals surface area (Å²) >= 11 is 3.48. The summed E-state index contributed by atoms with van der Waals surface area (Å²) < 4.78 is 6.34. The van der Waals surface area contributed by atoms with Gasteiger partial charge in [-0.25, -0.2) is 0 Å². The van der Waals surface area contributed by atoms with Gasteiger partial charge in [0.1, 0.15) is 0 Å². The highest BCUT2D eigenvalue weighted by atomic mass is 79.9. The minimum Gasteiger partial charge on any atom is -0.338 e. The van der Waals surface area contributed by atoms with E-state index in [4.69, 9.17) is 4.52 Å². The van der Waals surface area contributed by atoms with Crippen LogP contribution in [0.3, 0.4) is 0 Å². The Bertz CT molecular complexity index is 552. The zero-order valence-electron chi connectivity index (χ0n) is 10.8.